The molecule has 33 valence electrons. The molecule has 0 atom stereocenters. The van der Waals surface area contributed by atoms with Gasteiger partial charge in [0.15, 0.2) is 0 Å². The molecule has 3 heteroatoms. The van der Waals surface area contributed by atoms with Crippen molar-refractivity contribution in [1.29, 1.82) is 0 Å². The van der Waals surface area contributed by atoms with E-state index >= 15 is 0 Å². The predicted molar refractivity (Wildman–Crippen MR) is 39.4 cm³/mol. The molecule has 0 N–H and O–H groups in total. The zero-order valence-electron chi connectivity index (χ0n) is 2.81. The Hall–Kier alpha value is 2.04. The molecule has 1 radical (unpaired) electrons. The first-order valence-corrected chi connectivity index (χ1v) is 2.04. The molecule has 0 aromatic heterocycles. The SMILES string of the molecule is C[CH-]I.I.[V]. The van der Waals surface area contributed by atoms with Gasteiger partial charge in [0, 0.05) is 18.6 Å². The summed E-state index contributed by atoms with van der Waals surface area (Å²) in [5.41, 5.74) is 0. The molecular weight excluding hydrogens is 329 g/mol. The maximum Gasteiger partial charge on any atom is 0 e. The summed E-state index contributed by atoms with van der Waals surface area (Å²) in [5.74, 6) is 0. The third-order valence-electron chi connectivity index (χ3n) is 0. The molecule has 0 rings (SSSR count). The van der Waals surface area contributed by atoms with Gasteiger partial charge in [-0.2, -0.15) is 6.92 Å². The summed E-state index contributed by atoms with van der Waals surface area (Å²) in [5, 5.41) is 0. The van der Waals surface area contributed by atoms with Crippen molar-refractivity contribution in [2.75, 3.05) is 0 Å². The number of rotatable bonds is 0. The van der Waals surface area contributed by atoms with Crippen molar-refractivity contribution in [3.63, 3.8) is 0 Å². The normalized spacial score (nSPS) is 3.60. The van der Waals surface area contributed by atoms with Gasteiger partial charge in [0.2, 0.25) is 0 Å². The maximum absolute atomic E-state index is 2.16. The molecule has 0 heterocycles. The van der Waals surface area contributed by atoms with Crippen molar-refractivity contribution in [1.82, 2.24) is 0 Å². The molecule has 0 bridgehead atoms. The van der Waals surface area contributed by atoms with E-state index in [0.29, 0.717) is 0 Å². The van der Waals surface area contributed by atoms with Crippen LogP contribution >= 0.6 is 46.6 Å². The molecular formula is C2H5I2V-. The number of hydrogen-bond acceptors (Lipinski definition) is 0. The van der Waals surface area contributed by atoms with E-state index in [2.05, 4.69) is 22.6 Å². The van der Waals surface area contributed by atoms with E-state index in [0.717, 1.165) is 0 Å². The summed E-state index contributed by atoms with van der Waals surface area (Å²) < 4.78 is 1.97. The van der Waals surface area contributed by atoms with Crippen molar-refractivity contribution < 1.29 is 18.6 Å². The topological polar surface area (TPSA) is 0 Å². The van der Waals surface area contributed by atoms with Crippen LogP contribution in [0.3, 0.4) is 0 Å². The second-order valence-electron chi connectivity index (χ2n) is 0.218. The van der Waals surface area contributed by atoms with Gasteiger partial charge in [-0.1, -0.05) is 0 Å². The first-order valence-electron chi connectivity index (χ1n) is 0.796. The van der Waals surface area contributed by atoms with Crippen molar-refractivity contribution >= 4 is 46.6 Å². The van der Waals surface area contributed by atoms with Gasteiger partial charge in [-0.3, -0.25) is 4.43 Å². The Balaban J connectivity index is -0.0000000200. The Bertz CT molecular complexity index is 7.61. The summed E-state index contributed by atoms with van der Waals surface area (Å²) >= 11 is 2.16. The van der Waals surface area contributed by atoms with Crippen LogP contribution in [0.2, 0.25) is 0 Å². The average molecular weight is 334 g/mol. The van der Waals surface area contributed by atoms with Crippen LogP contribution in [-0.4, -0.2) is 0 Å². The fourth-order valence-electron chi connectivity index (χ4n) is 0. The van der Waals surface area contributed by atoms with E-state index < -0.39 is 0 Å². The third-order valence-corrected chi connectivity index (χ3v) is 0. The third kappa shape index (κ3) is 23.7. The van der Waals surface area contributed by atoms with E-state index in [1.807, 2.05) is 11.4 Å². The molecule has 0 saturated heterocycles. The van der Waals surface area contributed by atoms with Crippen LogP contribution in [0.4, 0.5) is 0 Å². The van der Waals surface area contributed by atoms with Gasteiger partial charge in [-0.15, -0.1) is 24.0 Å². The molecule has 5 heavy (non-hydrogen) atoms. The van der Waals surface area contributed by atoms with Crippen LogP contribution in [0.5, 0.6) is 0 Å². The minimum atomic E-state index is 0. The molecule has 0 fully saturated rings. The van der Waals surface area contributed by atoms with Gasteiger partial charge in [-0.25, -0.2) is 0 Å². The minimum Gasteiger partial charge on any atom is -0.316 e. The molecule has 0 spiro atoms. The zero-order chi connectivity index (χ0) is 2.71. The van der Waals surface area contributed by atoms with Crippen LogP contribution in [0.1, 0.15) is 6.92 Å². The monoisotopic (exact) mass is 334 g/mol. The van der Waals surface area contributed by atoms with E-state index in [9.17, 15) is 0 Å². The summed E-state index contributed by atoms with van der Waals surface area (Å²) in [6.07, 6.45) is 0. The summed E-state index contributed by atoms with van der Waals surface area (Å²) in [6, 6.07) is 0. The minimum absolute atomic E-state index is 0. The van der Waals surface area contributed by atoms with Crippen molar-refractivity contribution in [2.45, 2.75) is 6.92 Å². The van der Waals surface area contributed by atoms with E-state index in [1.165, 1.54) is 0 Å². The van der Waals surface area contributed by atoms with Gasteiger partial charge in [-0.05, 0) is 0 Å². The first-order chi connectivity index (χ1) is 1.41. The largest absolute Gasteiger partial charge is 0.316 e. The van der Waals surface area contributed by atoms with Crippen molar-refractivity contribution in [3.05, 3.63) is 4.43 Å². The van der Waals surface area contributed by atoms with Crippen LogP contribution in [0, 0.1) is 4.43 Å². The smallest absolute Gasteiger partial charge is 0 e. The molecule has 0 aromatic rings. The fourth-order valence-corrected chi connectivity index (χ4v) is 0. The van der Waals surface area contributed by atoms with E-state index in [-0.39, 0.29) is 42.5 Å². The molecule has 0 aliphatic rings. The van der Waals surface area contributed by atoms with Gasteiger partial charge < -0.3 is 22.6 Å². The average Bonchev–Trinajstić information content (AvgIpc) is 0.918. The van der Waals surface area contributed by atoms with Gasteiger partial charge >= 0.3 is 0 Å². The second kappa shape index (κ2) is 16.6. The Morgan fingerprint density at radius 3 is 1.60 bits per heavy atom. The number of hydrogen-bond donors (Lipinski definition) is 0. The van der Waals surface area contributed by atoms with E-state index in [1.54, 1.807) is 0 Å². The van der Waals surface area contributed by atoms with Crippen molar-refractivity contribution in [2.24, 2.45) is 0 Å². The van der Waals surface area contributed by atoms with Crippen LogP contribution in [0.15, 0.2) is 0 Å². The fraction of sp³-hybridized carbons (Fsp3) is 0.500. The molecule has 0 amide bonds. The maximum atomic E-state index is 2.16. The Labute approximate surface area is 75.5 Å². The molecule has 0 nitrogen and oxygen atoms in total. The molecule has 0 aliphatic carbocycles. The summed E-state index contributed by atoms with van der Waals surface area (Å²) in [7, 11) is 0. The van der Waals surface area contributed by atoms with E-state index in [4.69, 9.17) is 0 Å². The molecule has 0 saturated carbocycles. The Morgan fingerprint density at radius 1 is 1.60 bits per heavy atom. The molecule has 0 unspecified atom stereocenters. The quantitative estimate of drug-likeness (QED) is 0.471. The Morgan fingerprint density at radius 2 is 1.60 bits per heavy atom. The van der Waals surface area contributed by atoms with Crippen LogP contribution < -0.4 is 0 Å². The van der Waals surface area contributed by atoms with Gasteiger partial charge in [0.1, 0.15) is 0 Å². The predicted octanol–water partition coefficient (Wildman–Crippen LogP) is 2.22. The molecule has 0 aliphatic heterocycles. The summed E-state index contributed by atoms with van der Waals surface area (Å²) in [6.45, 7) is 1.99. The molecule has 0 aromatic carbocycles. The second-order valence-corrected chi connectivity index (χ2v) is 1.46. The van der Waals surface area contributed by atoms with Gasteiger partial charge in [0.05, 0.1) is 0 Å². The standard InChI is InChI=1S/C2H4I.HI.V/c1-2-3;;/h2H,1H3;1H;/q-1;;. The van der Waals surface area contributed by atoms with Crippen molar-refractivity contribution in [3.8, 4) is 0 Å². The summed E-state index contributed by atoms with van der Waals surface area (Å²) in [4.78, 5) is 0. The van der Waals surface area contributed by atoms with Gasteiger partial charge in [0.25, 0.3) is 0 Å². The first kappa shape index (κ1) is 15.7. The Kier molecular flexibility index (Phi) is 52.2. The zero-order valence-corrected chi connectivity index (χ0v) is 8.70. The van der Waals surface area contributed by atoms with Crippen LogP contribution in [0.25, 0.3) is 0 Å². The van der Waals surface area contributed by atoms with Crippen LogP contribution in [-0.2, 0) is 18.6 Å². The number of halogens is 2.